The van der Waals surface area contributed by atoms with Gasteiger partial charge in [-0.2, -0.15) is 0 Å². The van der Waals surface area contributed by atoms with Gasteiger partial charge in [0, 0.05) is 38.1 Å². The van der Waals surface area contributed by atoms with Gasteiger partial charge in [-0.05, 0) is 25.3 Å². The molecule has 0 unspecified atom stereocenters. The quantitative estimate of drug-likeness (QED) is 0.393. The summed E-state index contributed by atoms with van der Waals surface area (Å²) >= 11 is 0. The number of ether oxygens (including phenoxy) is 2. The lowest BCUT2D eigenvalue weighted by atomic mass is 10.2. The number of hydrogen-bond donors (Lipinski definition) is 2. The first-order valence-corrected chi connectivity index (χ1v) is 8.25. The summed E-state index contributed by atoms with van der Waals surface area (Å²) < 4.78 is 10.8. The minimum atomic E-state index is 0.524. The van der Waals surface area contributed by atoms with Crippen molar-refractivity contribution in [3.8, 4) is 5.88 Å². The molecule has 0 aliphatic carbocycles. The van der Waals surface area contributed by atoms with E-state index < -0.39 is 0 Å². The molecule has 0 aromatic carbocycles. The highest BCUT2D eigenvalue weighted by Gasteiger charge is 2.03. The lowest BCUT2D eigenvalue weighted by Gasteiger charge is -2.12. The zero-order valence-corrected chi connectivity index (χ0v) is 14.8. The number of aliphatic imine (C=N–C) groups is 1. The van der Waals surface area contributed by atoms with Gasteiger partial charge < -0.3 is 20.1 Å². The van der Waals surface area contributed by atoms with Crippen LogP contribution in [0.15, 0.2) is 23.3 Å². The molecule has 2 N–H and O–H groups in total. The standard InChI is InChI=1S/C17H30N4O2/c1-5-18-17(20-10-7-11-23-13-14(2)3)21-12-15-8-6-9-19-16(15)22-4/h6,8-9,14H,5,7,10-13H2,1-4H3,(H2,18,20,21). The monoisotopic (exact) mass is 322 g/mol. The Morgan fingerprint density at radius 1 is 1.35 bits per heavy atom. The second-order valence-corrected chi connectivity index (χ2v) is 5.62. The summed E-state index contributed by atoms with van der Waals surface area (Å²) in [6.07, 6.45) is 2.67. The van der Waals surface area contributed by atoms with Crippen molar-refractivity contribution in [1.82, 2.24) is 15.6 Å². The van der Waals surface area contributed by atoms with E-state index in [1.807, 2.05) is 19.1 Å². The van der Waals surface area contributed by atoms with Crippen molar-refractivity contribution < 1.29 is 9.47 Å². The Labute approximate surface area is 139 Å². The molecule has 1 aromatic rings. The van der Waals surface area contributed by atoms with Gasteiger partial charge >= 0.3 is 0 Å². The van der Waals surface area contributed by atoms with Gasteiger partial charge in [0.15, 0.2) is 5.96 Å². The molecule has 1 rings (SSSR count). The second-order valence-electron chi connectivity index (χ2n) is 5.62. The highest BCUT2D eigenvalue weighted by molar-refractivity contribution is 5.79. The Bertz CT molecular complexity index is 464. The van der Waals surface area contributed by atoms with Crippen molar-refractivity contribution in [3.63, 3.8) is 0 Å². The van der Waals surface area contributed by atoms with Crippen LogP contribution in [0.3, 0.4) is 0 Å². The van der Waals surface area contributed by atoms with Gasteiger partial charge in [-0.25, -0.2) is 9.98 Å². The second kappa shape index (κ2) is 11.7. The fourth-order valence-electron chi connectivity index (χ4n) is 1.93. The van der Waals surface area contributed by atoms with Gasteiger partial charge in [-0.3, -0.25) is 0 Å². The molecule has 0 spiro atoms. The van der Waals surface area contributed by atoms with Crippen molar-refractivity contribution in [2.75, 3.05) is 33.4 Å². The minimum absolute atomic E-state index is 0.524. The summed E-state index contributed by atoms with van der Waals surface area (Å²) in [5.41, 5.74) is 0.965. The van der Waals surface area contributed by atoms with Crippen LogP contribution < -0.4 is 15.4 Å². The molecule has 0 saturated heterocycles. The Morgan fingerprint density at radius 2 is 2.17 bits per heavy atom. The molecule has 0 saturated carbocycles. The van der Waals surface area contributed by atoms with Gasteiger partial charge in [0.2, 0.25) is 5.88 Å². The fraction of sp³-hybridized carbons (Fsp3) is 0.647. The fourth-order valence-corrected chi connectivity index (χ4v) is 1.93. The Balaban J connectivity index is 2.41. The summed E-state index contributed by atoms with van der Waals surface area (Å²) in [4.78, 5) is 8.75. The molecule has 1 aromatic heterocycles. The molecule has 0 fully saturated rings. The van der Waals surface area contributed by atoms with E-state index in [2.05, 4.69) is 34.5 Å². The molecule has 23 heavy (non-hydrogen) atoms. The van der Waals surface area contributed by atoms with Crippen LogP contribution in [0.25, 0.3) is 0 Å². The molecule has 0 aliphatic heterocycles. The minimum Gasteiger partial charge on any atom is -0.481 e. The number of methoxy groups -OCH3 is 1. The van der Waals surface area contributed by atoms with Gasteiger partial charge in [-0.15, -0.1) is 0 Å². The van der Waals surface area contributed by atoms with E-state index in [1.54, 1.807) is 13.3 Å². The van der Waals surface area contributed by atoms with E-state index in [4.69, 9.17) is 9.47 Å². The van der Waals surface area contributed by atoms with Crippen molar-refractivity contribution >= 4 is 5.96 Å². The Kier molecular flexibility index (Phi) is 9.79. The largest absolute Gasteiger partial charge is 0.481 e. The predicted octanol–water partition coefficient (Wildman–Crippen LogP) is 2.21. The number of nitrogens with one attached hydrogen (secondary N) is 2. The normalized spacial score (nSPS) is 11.6. The smallest absolute Gasteiger partial charge is 0.218 e. The molecule has 0 atom stereocenters. The number of pyridine rings is 1. The first-order chi connectivity index (χ1) is 11.2. The van der Waals surface area contributed by atoms with Gasteiger partial charge in [0.05, 0.1) is 13.7 Å². The molecular weight excluding hydrogens is 292 g/mol. The highest BCUT2D eigenvalue weighted by atomic mass is 16.5. The highest BCUT2D eigenvalue weighted by Crippen LogP contribution is 2.14. The molecule has 130 valence electrons. The van der Waals surface area contributed by atoms with E-state index in [0.29, 0.717) is 18.3 Å². The van der Waals surface area contributed by atoms with E-state index in [9.17, 15) is 0 Å². The van der Waals surface area contributed by atoms with Crippen LogP contribution in [-0.4, -0.2) is 44.4 Å². The molecule has 0 aliphatic rings. The van der Waals surface area contributed by atoms with Crippen LogP contribution in [0, 0.1) is 5.92 Å². The van der Waals surface area contributed by atoms with Gasteiger partial charge in [0.1, 0.15) is 0 Å². The number of rotatable bonds is 10. The van der Waals surface area contributed by atoms with Crippen LogP contribution in [0.5, 0.6) is 5.88 Å². The van der Waals surface area contributed by atoms with Crippen LogP contribution in [0.1, 0.15) is 32.8 Å². The van der Waals surface area contributed by atoms with Crippen LogP contribution >= 0.6 is 0 Å². The maximum absolute atomic E-state index is 5.57. The number of aromatic nitrogens is 1. The average Bonchev–Trinajstić information content (AvgIpc) is 2.55. The van der Waals surface area contributed by atoms with E-state index in [1.165, 1.54) is 0 Å². The zero-order chi connectivity index (χ0) is 16.9. The maximum Gasteiger partial charge on any atom is 0.218 e. The Morgan fingerprint density at radius 3 is 2.87 bits per heavy atom. The van der Waals surface area contributed by atoms with Crippen molar-refractivity contribution in [2.45, 2.75) is 33.7 Å². The molecule has 0 radical (unpaired) electrons. The lowest BCUT2D eigenvalue weighted by Crippen LogP contribution is -2.38. The topological polar surface area (TPSA) is 67.8 Å². The van der Waals surface area contributed by atoms with E-state index in [-0.39, 0.29) is 0 Å². The molecule has 0 bridgehead atoms. The number of guanidine groups is 1. The molecule has 6 nitrogen and oxygen atoms in total. The summed E-state index contributed by atoms with van der Waals surface area (Å²) in [5, 5.41) is 6.55. The first-order valence-electron chi connectivity index (χ1n) is 8.25. The van der Waals surface area contributed by atoms with Crippen molar-refractivity contribution in [1.29, 1.82) is 0 Å². The SMILES string of the molecule is CCNC(=NCc1cccnc1OC)NCCCOCC(C)C. The third-order valence-corrected chi connectivity index (χ3v) is 3.00. The molecular formula is C17H30N4O2. The predicted molar refractivity (Wildman–Crippen MR) is 93.9 cm³/mol. The third kappa shape index (κ3) is 8.40. The summed E-state index contributed by atoms with van der Waals surface area (Å²) in [6.45, 7) is 10.1. The van der Waals surface area contributed by atoms with Gasteiger partial charge in [0.25, 0.3) is 0 Å². The molecule has 0 amide bonds. The molecule has 1 heterocycles. The summed E-state index contributed by atoms with van der Waals surface area (Å²) in [5.74, 6) is 1.99. The number of hydrogen-bond acceptors (Lipinski definition) is 4. The maximum atomic E-state index is 5.57. The van der Waals surface area contributed by atoms with Crippen molar-refractivity contribution in [2.24, 2.45) is 10.9 Å². The lowest BCUT2D eigenvalue weighted by molar-refractivity contribution is 0.108. The summed E-state index contributed by atoms with van der Waals surface area (Å²) in [6, 6.07) is 3.86. The number of nitrogens with zero attached hydrogens (tertiary/aromatic N) is 2. The van der Waals surface area contributed by atoms with Crippen LogP contribution in [0.2, 0.25) is 0 Å². The van der Waals surface area contributed by atoms with Gasteiger partial charge in [-0.1, -0.05) is 19.9 Å². The first kappa shape index (κ1) is 19.2. The molecule has 6 heteroatoms. The average molecular weight is 322 g/mol. The van der Waals surface area contributed by atoms with Crippen LogP contribution in [0.4, 0.5) is 0 Å². The van der Waals surface area contributed by atoms with E-state index in [0.717, 1.165) is 44.2 Å². The summed E-state index contributed by atoms with van der Waals surface area (Å²) in [7, 11) is 1.62. The van der Waals surface area contributed by atoms with Crippen molar-refractivity contribution in [3.05, 3.63) is 23.9 Å². The van der Waals surface area contributed by atoms with E-state index >= 15 is 0 Å². The zero-order valence-electron chi connectivity index (χ0n) is 14.8. The third-order valence-electron chi connectivity index (χ3n) is 3.00. The Hall–Kier alpha value is -1.82. The van der Waals surface area contributed by atoms with Crippen LogP contribution in [-0.2, 0) is 11.3 Å².